The third-order valence-corrected chi connectivity index (χ3v) is 6.62. The summed E-state index contributed by atoms with van der Waals surface area (Å²) in [7, 11) is 0. The van der Waals surface area contributed by atoms with Crippen molar-refractivity contribution in [2.45, 2.75) is 25.9 Å². The molecule has 0 bridgehead atoms. The Hall–Kier alpha value is -2.09. The Morgan fingerprint density at radius 2 is 1.88 bits per heavy atom. The van der Waals surface area contributed by atoms with E-state index in [9.17, 15) is 14.0 Å². The first kappa shape index (κ1) is 24.6. The zero-order valence-corrected chi connectivity index (χ0v) is 20.0. The van der Waals surface area contributed by atoms with Crippen LogP contribution in [0, 0.1) is 12.7 Å². The molecule has 2 aromatic rings. The Kier molecular flexibility index (Phi) is 8.96. The van der Waals surface area contributed by atoms with E-state index >= 15 is 0 Å². The fourth-order valence-corrected chi connectivity index (χ4v) is 4.47. The van der Waals surface area contributed by atoms with Gasteiger partial charge in [-0.15, -0.1) is 0 Å². The minimum atomic E-state index is -0.567. The Bertz CT molecular complexity index is 930. The van der Waals surface area contributed by atoms with Gasteiger partial charge < -0.3 is 10.2 Å². The molecular formula is C24H29ClFN3O2S. The van der Waals surface area contributed by atoms with E-state index in [0.717, 1.165) is 11.3 Å². The van der Waals surface area contributed by atoms with Gasteiger partial charge in [0.2, 0.25) is 5.91 Å². The first-order valence-electron chi connectivity index (χ1n) is 10.7. The van der Waals surface area contributed by atoms with Crippen LogP contribution in [0.15, 0.2) is 42.5 Å². The number of piperazine rings is 1. The number of benzene rings is 2. The van der Waals surface area contributed by atoms with E-state index in [1.165, 1.54) is 6.07 Å². The molecule has 172 valence electrons. The molecule has 1 aliphatic rings. The maximum Gasteiger partial charge on any atom is 0.251 e. The summed E-state index contributed by atoms with van der Waals surface area (Å²) < 4.78 is 14.1. The van der Waals surface area contributed by atoms with Crippen molar-refractivity contribution < 1.29 is 14.0 Å². The number of hydrogen-bond acceptors (Lipinski definition) is 4. The summed E-state index contributed by atoms with van der Waals surface area (Å²) in [5, 5.41) is 3.35. The second kappa shape index (κ2) is 11.7. The van der Waals surface area contributed by atoms with Gasteiger partial charge in [-0.1, -0.05) is 35.4 Å². The Labute approximate surface area is 198 Å². The number of rotatable bonds is 8. The van der Waals surface area contributed by atoms with Crippen molar-refractivity contribution in [2.24, 2.45) is 0 Å². The van der Waals surface area contributed by atoms with E-state index in [1.807, 2.05) is 31.4 Å². The first-order chi connectivity index (χ1) is 15.4. The highest BCUT2D eigenvalue weighted by atomic mass is 35.5. The Morgan fingerprint density at radius 1 is 1.16 bits per heavy atom. The summed E-state index contributed by atoms with van der Waals surface area (Å²) in [6.45, 7) is 4.64. The monoisotopic (exact) mass is 477 g/mol. The van der Waals surface area contributed by atoms with Crippen LogP contribution in [0.5, 0.6) is 0 Å². The number of carbonyl (C=O) groups is 2. The molecule has 2 amide bonds. The summed E-state index contributed by atoms with van der Waals surface area (Å²) >= 11 is 7.80. The minimum Gasteiger partial charge on any atom is -0.340 e. The van der Waals surface area contributed by atoms with Gasteiger partial charge in [-0.3, -0.25) is 14.5 Å². The van der Waals surface area contributed by atoms with Crippen LogP contribution >= 0.6 is 23.4 Å². The number of carbonyl (C=O) groups excluding carboxylic acids is 2. The molecule has 0 aromatic heterocycles. The molecule has 2 aromatic carbocycles. The average molecular weight is 478 g/mol. The van der Waals surface area contributed by atoms with Crippen LogP contribution in [0.2, 0.25) is 5.02 Å². The summed E-state index contributed by atoms with van der Waals surface area (Å²) in [5.74, 6) is 0.160. The van der Waals surface area contributed by atoms with Crippen LogP contribution in [0.25, 0.3) is 0 Å². The molecule has 1 heterocycles. The highest BCUT2D eigenvalue weighted by Gasteiger charge is 2.29. The highest BCUT2D eigenvalue weighted by molar-refractivity contribution is 7.98. The van der Waals surface area contributed by atoms with Crippen molar-refractivity contribution in [3.05, 3.63) is 70.0 Å². The normalized spacial score (nSPS) is 15.4. The van der Waals surface area contributed by atoms with Crippen LogP contribution in [0.1, 0.15) is 27.9 Å². The fraction of sp³-hybridized carbons (Fsp3) is 0.417. The number of hydrogen-bond donors (Lipinski definition) is 1. The van der Waals surface area contributed by atoms with Gasteiger partial charge in [0.25, 0.3) is 5.91 Å². The predicted octanol–water partition coefficient (Wildman–Crippen LogP) is 3.98. The molecule has 1 fully saturated rings. The molecule has 0 saturated carbocycles. The zero-order chi connectivity index (χ0) is 23.1. The molecule has 0 radical (unpaired) electrons. The number of thioether (sulfide) groups is 1. The van der Waals surface area contributed by atoms with Crippen molar-refractivity contribution in [3.8, 4) is 0 Å². The van der Waals surface area contributed by atoms with E-state index < -0.39 is 6.04 Å². The molecule has 8 heteroatoms. The lowest BCUT2D eigenvalue weighted by atomic mass is 10.1. The third-order valence-electron chi connectivity index (χ3n) is 5.62. The van der Waals surface area contributed by atoms with Gasteiger partial charge in [0, 0.05) is 48.9 Å². The molecule has 1 N–H and O–H groups in total. The molecule has 1 unspecified atom stereocenters. The van der Waals surface area contributed by atoms with Gasteiger partial charge >= 0.3 is 0 Å². The largest absolute Gasteiger partial charge is 0.340 e. The molecule has 1 atom stereocenters. The van der Waals surface area contributed by atoms with Crippen molar-refractivity contribution in [1.29, 1.82) is 0 Å². The maximum atomic E-state index is 14.1. The van der Waals surface area contributed by atoms with E-state index in [1.54, 1.807) is 34.9 Å². The van der Waals surface area contributed by atoms with Gasteiger partial charge in [0.15, 0.2) is 0 Å². The zero-order valence-electron chi connectivity index (χ0n) is 18.4. The Balaban J connectivity index is 1.60. The lowest BCUT2D eigenvalue weighted by Crippen LogP contribution is -2.55. The summed E-state index contributed by atoms with van der Waals surface area (Å²) in [5.41, 5.74) is 2.03. The van der Waals surface area contributed by atoms with E-state index in [4.69, 9.17) is 11.6 Å². The summed E-state index contributed by atoms with van der Waals surface area (Å²) in [6, 6.07) is 11.5. The van der Waals surface area contributed by atoms with Gasteiger partial charge in [0.1, 0.15) is 11.9 Å². The predicted molar refractivity (Wildman–Crippen MR) is 129 cm³/mol. The summed E-state index contributed by atoms with van der Waals surface area (Å²) in [6.07, 6.45) is 2.55. The first-order valence-corrected chi connectivity index (χ1v) is 12.5. The van der Waals surface area contributed by atoms with Crippen molar-refractivity contribution in [3.63, 3.8) is 0 Å². The number of halogens is 2. The van der Waals surface area contributed by atoms with Gasteiger partial charge in [0.05, 0.1) is 0 Å². The molecule has 5 nitrogen and oxygen atoms in total. The highest BCUT2D eigenvalue weighted by Crippen LogP contribution is 2.21. The summed E-state index contributed by atoms with van der Waals surface area (Å²) in [4.78, 5) is 29.8. The smallest absolute Gasteiger partial charge is 0.251 e. The maximum absolute atomic E-state index is 14.1. The van der Waals surface area contributed by atoms with Crippen LogP contribution < -0.4 is 5.32 Å². The average Bonchev–Trinajstić information content (AvgIpc) is 2.79. The molecule has 0 aliphatic carbocycles. The topological polar surface area (TPSA) is 52.7 Å². The van der Waals surface area contributed by atoms with Gasteiger partial charge in [-0.2, -0.15) is 11.8 Å². The van der Waals surface area contributed by atoms with Crippen LogP contribution in [0.3, 0.4) is 0 Å². The minimum absolute atomic E-state index is 0.0661. The molecular weight excluding hydrogens is 449 g/mol. The quantitative estimate of drug-likeness (QED) is 0.624. The molecule has 3 rings (SSSR count). The van der Waals surface area contributed by atoms with E-state index in [-0.39, 0.29) is 17.6 Å². The van der Waals surface area contributed by atoms with Gasteiger partial charge in [-0.05, 0) is 49.6 Å². The van der Waals surface area contributed by atoms with Crippen molar-refractivity contribution >= 4 is 35.2 Å². The Morgan fingerprint density at radius 3 is 2.53 bits per heavy atom. The van der Waals surface area contributed by atoms with E-state index in [0.29, 0.717) is 55.3 Å². The van der Waals surface area contributed by atoms with Crippen molar-refractivity contribution in [2.75, 3.05) is 38.2 Å². The lowest BCUT2D eigenvalue weighted by molar-refractivity contribution is -0.135. The lowest BCUT2D eigenvalue weighted by Gasteiger charge is -2.36. The molecule has 1 saturated heterocycles. The molecule has 32 heavy (non-hydrogen) atoms. The van der Waals surface area contributed by atoms with Crippen LogP contribution in [0.4, 0.5) is 4.39 Å². The molecule has 1 aliphatic heterocycles. The van der Waals surface area contributed by atoms with Crippen LogP contribution in [-0.2, 0) is 11.3 Å². The number of amides is 2. The van der Waals surface area contributed by atoms with Crippen molar-refractivity contribution in [1.82, 2.24) is 15.1 Å². The molecule has 0 spiro atoms. The number of aryl methyl sites for hydroxylation is 1. The standard InChI is InChI=1S/C24H29ClFN3O2S/c1-17-5-3-6-18(15-17)23(30)27-22(9-14-32-2)24(31)29-12-10-28(11-13-29)16-19-20(25)7-4-8-21(19)26/h3-8,15,22H,9-14,16H2,1-2H3,(H,27,30). The second-order valence-electron chi connectivity index (χ2n) is 7.98. The number of nitrogens with zero attached hydrogens (tertiary/aromatic N) is 2. The van der Waals surface area contributed by atoms with E-state index in [2.05, 4.69) is 10.2 Å². The van der Waals surface area contributed by atoms with Crippen LogP contribution in [-0.4, -0.2) is 65.8 Å². The third kappa shape index (κ3) is 6.47. The second-order valence-corrected chi connectivity index (χ2v) is 9.37. The number of nitrogens with one attached hydrogen (secondary N) is 1. The SMILES string of the molecule is CSCCC(NC(=O)c1cccc(C)c1)C(=O)N1CCN(Cc2c(F)cccc2Cl)CC1. The fourth-order valence-electron chi connectivity index (χ4n) is 3.77. The van der Waals surface area contributed by atoms with Gasteiger partial charge in [-0.25, -0.2) is 4.39 Å².